The number of unbranched alkanes of at least 4 members (excludes halogenated alkanes) is 2. The number of nitrogens with two attached hydrogens (primary N) is 1. The SMILES string of the molecule is CCCC/C=C/C(N)CC(=O)O. The first-order chi connectivity index (χ1) is 5.66. The van der Waals surface area contributed by atoms with Gasteiger partial charge in [0.25, 0.3) is 0 Å². The molecule has 0 aliphatic rings. The molecule has 0 aliphatic heterocycles. The summed E-state index contributed by atoms with van der Waals surface area (Å²) in [5.74, 6) is -0.845. The van der Waals surface area contributed by atoms with Gasteiger partial charge in [0.2, 0.25) is 0 Å². The third-order valence-electron chi connectivity index (χ3n) is 1.52. The fourth-order valence-electron chi connectivity index (χ4n) is 0.863. The molecule has 0 fully saturated rings. The van der Waals surface area contributed by atoms with E-state index in [0.717, 1.165) is 19.3 Å². The average molecular weight is 171 g/mol. The molecular formula is C9H17NO2. The lowest BCUT2D eigenvalue weighted by Gasteiger charge is -2.00. The van der Waals surface area contributed by atoms with Gasteiger partial charge < -0.3 is 10.8 Å². The van der Waals surface area contributed by atoms with E-state index in [1.54, 1.807) is 6.08 Å². The lowest BCUT2D eigenvalue weighted by molar-refractivity contribution is -0.137. The summed E-state index contributed by atoms with van der Waals surface area (Å²) in [7, 11) is 0. The molecule has 70 valence electrons. The van der Waals surface area contributed by atoms with E-state index in [1.165, 1.54) is 0 Å². The Kier molecular flexibility index (Phi) is 6.38. The Bertz CT molecular complexity index is 155. The van der Waals surface area contributed by atoms with Crippen LogP contribution in [0.15, 0.2) is 12.2 Å². The van der Waals surface area contributed by atoms with Crippen molar-refractivity contribution in [3.05, 3.63) is 12.2 Å². The van der Waals surface area contributed by atoms with Crippen LogP contribution in [0.3, 0.4) is 0 Å². The van der Waals surface area contributed by atoms with Gasteiger partial charge in [-0.15, -0.1) is 0 Å². The first-order valence-corrected chi connectivity index (χ1v) is 4.30. The Morgan fingerprint density at radius 2 is 2.33 bits per heavy atom. The van der Waals surface area contributed by atoms with Gasteiger partial charge in [0.1, 0.15) is 0 Å². The molecule has 3 heteroatoms. The molecule has 0 spiro atoms. The zero-order valence-corrected chi connectivity index (χ0v) is 7.49. The molecule has 0 aromatic rings. The Balaban J connectivity index is 3.46. The van der Waals surface area contributed by atoms with E-state index < -0.39 is 5.97 Å². The second-order valence-corrected chi connectivity index (χ2v) is 2.83. The van der Waals surface area contributed by atoms with Crippen LogP contribution in [0.2, 0.25) is 0 Å². The monoisotopic (exact) mass is 171 g/mol. The number of aliphatic carboxylic acids is 1. The van der Waals surface area contributed by atoms with E-state index in [2.05, 4.69) is 6.92 Å². The first-order valence-electron chi connectivity index (χ1n) is 4.30. The Morgan fingerprint density at radius 1 is 1.67 bits per heavy atom. The van der Waals surface area contributed by atoms with Gasteiger partial charge >= 0.3 is 5.97 Å². The van der Waals surface area contributed by atoms with Gasteiger partial charge in [0.05, 0.1) is 6.42 Å². The highest BCUT2D eigenvalue weighted by Gasteiger charge is 2.02. The number of carboxylic acid groups (broad SMARTS) is 1. The normalized spacial score (nSPS) is 13.5. The van der Waals surface area contributed by atoms with Crippen molar-refractivity contribution in [2.45, 2.75) is 38.6 Å². The average Bonchev–Trinajstić information content (AvgIpc) is 1.97. The fourth-order valence-corrected chi connectivity index (χ4v) is 0.863. The van der Waals surface area contributed by atoms with Gasteiger partial charge in [-0.05, 0) is 6.42 Å². The van der Waals surface area contributed by atoms with Crippen LogP contribution in [-0.2, 0) is 4.79 Å². The number of hydrogen-bond donors (Lipinski definition) is 2. The lowest BCUT2D eigenvalue weighted by atomic mass is 10.1. The maximum atomic E-state index is 10.2. The summed E-state index contributed by atoms with van der Waals surface area (Å²) in [6, 6.07) is -0.334. The molecule has 0 saturated carbocycles. The smallest absolute Gasteiger partial charge is 0.305 e. The standard InChI is InChI=1S/C9H17NO2/c1-2-3-4-5-6-8(10)7-9(11)12/h5-6,8H,2-4,7,10H2,1H3,(H,11,12)/b6-5+. The Hall–Kier alpha value is -0.830. The summed E-state index contributed by atoms with van der Waals surface area (Å²) in [5.41, 5.74) is 5.49. The number of carbonyl (C=O) groups is 1. The van der Waals surface area contributed by atoms with Crippen molar-refractivity contribution < 1.29 is 9.90 Å². The third kappa shape index (κ3) is 7.28. The molecule has 0 radical (unpaired) electrons. The number of allylic oxidation sites excluding steroid dienone is 1. The number of rotatable bonds is 6. The molecule has 0 rings (SSSR count). The van der Waals surface area contributed by atoms with Crippen LogP contribution in [0.5, 0.6) is 0 Å². The van der Waals surface area contributed by atoms with Crippen molar-refractivity contribution >= 4 is 5.97 Å². The third-order valence-corrected chi connectivity index (χ3v) is 1.52. The van der Waals surface area contributed by atoms with E-state index in [0.29, 0.717) is 0 Å². The largest absolute Gasteiger partial charge is 0.481 e. The second-order valence-electron chi connectivity index (χ2n) is 2.83. The summed E-state index contributed by atoms with van der Waals surface area (Å²) >= 11 is 0. The van der Waals surface area contributed by atoms with E-state index >= 15 is 0 Å². The van der Waals surface area contributed by atoms with Crippen molar-refractivity contribution in [2.24, 2.45) is 5.73 Å². The molecule has 0 aromatic heterocycles. The van der Waals surface area contributed by atoms with Gasteiger partial charge in [-0.3, -0.25) is 4.79 Å². The first kappa shape index (κ1) is 11.2. The predicted molar refractivity (Wildman–Crippen MR) is 48.9 cm³/mol. The summed E-state index contributed by atoms with van der Waals surface area (Å²) < 4.78 is 0. The van der Waals surface area contributed by atoms with Gasteiger partial charge in [0, 0.05) is 6.04 Å². The summed E-state index contributed by atoms with van der Waals surface area (Å²) in [5, 5.41) is 8.37. The van der Waals surface area contributed by atoms with E-state index in [4.69, 9.17) is 10.8 Å². The molecule has 12 heavy (non-hydrogen) atoms. The highest BCUT2D eigenvalue weighted by molar-refractivity contribution is 5.67. The van der Waals surface area contributed by atoms with Crippen molar-refractivity contribution in [2.75, 3.05) is 0 Å². The summed E-state index contributed by atoms with van der Waals surface area (Å²) in [6.07, 6.45) is 7.02. The van der Waals surface area contributed by atoms with Crippen LogP contribution in [0.4, 0.5) is 0 Å². The predicted octanol–water partition coefficient (Wildman–Crippen LogP) is 1.53. The second kappa shape index (κ2) is 6.85. The molecule has 0 aliphatic carbocycles. The molecule has 1 atom stereocenters. The molecule has 3 nitrogen and oxygen atoms in total. The molecule has 0 heterocycles. The molecule has 0 bridgehead atoms. The van der Waals surface area contributed by atoms with Crippen LogP contribution in [0, 0.1) is 0 Å². The van der Waals surface area contributed by atoms with Crippen LogP contribution in [-0.4, -0.2) is 17.1 Å². The quantitative estimate of drug-likeness (QED) is 0.470. The fraction of sp³-hybridized carbons (Fsp3) is 0.667. The number of carboxylic acids is 1. The minimum Gasteiger partial charge on any atom is -0.481 e. The van der Waals surface area contributed by atoms with Gasteiger partial charge in [-0.25, -0.2) is 0 Å². The molecule has 0 saturated heterocycles. The van der Waals surface area contributed by atoms with Gasteiger partial charge in [-0.2, -0.15) is 0 Å². The van der Waals surface area contributed by atoms with E-state index in [-0.39, 0.29) is 12.5 Å². The lowest BCUT2D eigenvalue weighted by Crippen LogP contribution is -2.20. The van der Waals surface area contributed by atoms with Crippen molar-refractivity contribution in [1.82, 2.24) is 0 Å². The van der Waals surface area contributed by atoms with Crippen LogP contribution in [0.25, 0.3) is 0 Å². The topological polar surface area (TPSA) is 63.3 Å². The Morgan fingerprint density at radius 3 is 2.83 bits per heavy atom. The number of hydrogen-bond acceptors (Lipinski definition) is 2. The maximum Gasteiger partial charge on any atom is 0.305 e. The minimum atomic E-state index is -0.845. The van der Waals surface area contributed by atoms with Gasteiger partial charge in [-0.1, -0.05) is 31.9 Å². The van der Waals surface area contributed by atoms with Crippen LogP contribution < -0.4 is 5.73 Å². The zero-order valence-electron chi connectivity index (χ0n) is 7.49. The highest BCUT2D eigenvalue weighted by Crippen LogP contribution is 1.97. The molecule has 0 aromatic carbocycles. The van der Waals surface area contributed by atoms with E-state index in [9.17, 15) is 4.79 Å². The zero-order chi connectivity index (χ0) is 9.40. The molecule has 3 N–H and O–H groups in total. The summed E-state index contributed by atoms with van der Waals surface area (Å²) in [6.45, 7) is 2.12. The maximum absolute atomic E-state index is 10.2. The highest BCUT2D eigenvalue weighted by atomic mass is 16.4. The molecule has 1 unspecified atom stereocenters. The van der Waals surface area contributed by atoms with Crippen LogP contribution in [0.1, 0.15) is 32.6 Å². The molecular weight excluding hydrogens is 154 g/mol. The van der Waals surface area contributed by atoms with Crippen molar-refractivity contribution in [3.8, 4) is 0 Å². The van der Waals surface area contributed by atoms with Gasteiger partial charge in [0.15, 0.2) is 0 Å². The molecule has 0 amide bonds. The van der Waals surface area contributed by atoms with Crippen molar-refractivity contribution in [3.63, 3.8) is 0 Å². The minimum absolute atomic E-state index is 0.0165. The Labute approximate surface area is 73.3 Å². The van der Waals surface area contributed by atoms with E-state index in [1.807, 2.05) is 6.08 Å². The van der Waals surface area contributed by atoms with Crippen LogP contribution >= 0.6 is 0 Å². The van der Waals surface area contributed by atoms with Crippen molar-refractivity contribution in [1.29, 1.82) is 0 Å². The summed E-state index contributed by atoms with van der Waals surface area (Å²) in [4.78, 5) is 10.2.